The van der Waals surface area contributed by atoms with Crippen LogP contribution in [0.15, 0.2) is 24.3 Å². The number of hydrogen-bond donors (Lipinski definition) is 1. The molecule has 5 nitrogen and oxygen atoms in total. The van der Waals surface area contributed by atoms with Gasteiger partial charge < -0.3 is 14.7 Å². The van der Waals surface area contributed by atoms with Crippen molar-refractivity contribution in [3.63, 3.8) is 0 Å². The number of likely N-dealkylation sites (tertiary alicyclic amines) is 1. The van der Waals surface area contributed by atoms with Crippen LogP contribution in [0.25, 0.3) is 0 Å². The maximum atomic E-state index is 13.0. The standard InChI is InChI=1S/C19H27NO4/c1-3-16(24-17-10-5-4-8-14(17)2)19(23)20-13-7-6-9-15(20)11-12-18(21)22/h4-5,8,10,15-16H,3,6-7,9,11-13H2,1-2H3,(H,21,22). The highest BCUT2D eigenvalue weighted by molar-refractivity contribution is 5.81. The zero-order valence-corrected chi connectivity index (χ0v) is 14.5. The lowest BCUT2D eigenvalue weighted by atomic mass is 9.97. The minimum atomic E-state index is -0.809. The first-order valence-electron chi connectivity index (χ1n) is 8.77. The number of carboxylic acid groups (broad SMARTS) is 1. The first-order valence-corrected chi connectivity index (χ1v) is 8.77. The minimum absolute atomic E-state index is 0.0110. The van der Waals surface area contributed by atoms with Crippen LogP contribution < -0.4 is 4.74 Å². The van der Waals surface area contributed by atoms with Gasteiger partial charge in [0.15, 0.2) is 6.10 Å². The van der Waals surface area contributed by atoms with E-state index in [4.69, 9.17) is 9.84 Å². The Balaban J connectivity index is 2.07. The fraction of sp³-hybridized carbons (Fsp3) is 0.579. The van der Waals surface area contributed by atoms with Gasteiger partial charge in [-0.25, -0.2) is 0 Å². The number of carbonyl (C=O) groups excluding carboxylic acids is 1. The van der Waals surface area contributed by atoms with E-state index in [0.717, 1.165) is 30.6 Å². The van der Waals surface area contributed by atoms with E-state index in [-0.39, 0.29) is 18.4 Å². The Kier molecular flexibility index (Phi) is 6.64. The van der Waals surface area contributed by atoms with E-state index in [1.165, 1.54) is 0 Å². The van der Waals surface area contributed by atoms with Crippen LogP contribution in [0, 0.1) is 6.92 Å². The van der Waals surface area contributed by atoms with E-state index >= 15 is 0 Å². The van der Waals surface area contributed by atoms with Gasteiger partial charge in [0.1, 0.15) is 5.75 Å². The third-order valence-corrected chi connectivity index (χ3v) is 4.61. The molecular weight excluding hydrogens is 306 g/mol. The zero-order valence-electron chi connectivity index (χ0n) is 14.5. The molecule has 2 unspecified atom stereocenters. The summed E-state index contributed by atoms with van der Waals surface area (Å²) < 4.78 is 5.98. The van der Waals surface area contributed by atoms with Gasteiger partial charge in [-0.15, -0.1) is 0 Å². The van der Waals surface area contributed by atoms with Crippen molar-refractivity contribution in [1.82, 2.24) is 4.90 Å². The highest BCUT2D eigenvalue weighted by atomic mass is 16.5. The maximum absolute atomic E-state index is 13.0. The Bertz CT molecular complexity index is 572. The molecule has 1 aromatic rings. The molecule has 1 aromatic carbocycles. The molecule has 5 heteroatoms. The Hall–Kier alpha value is -2.04. The van der Waals surface area contributed by atoms with Gasteiger partial charge in [0, 0.05) is 19.0 Å². The molecule has 1 aliphatic rings. The molecule has 0 radical (unpaired) electrons. The molecule has 2 atom stereocenters. The SMILES string of the molecule is CCC(Oc1ccccc1C)C(=O)N1CCCCC1CCC(=O)O. The number of piperidine rings is 1. The molecule has 1 heterocycles. The lowest BCUT2D eigenvalue weighted by molar-refractivity contribution is -0.144. The normalized spacial score (nSPS) is 18.9. The van der Waals surface area contributed by atoms with Crippen LogP contribution >= 0.6 is 0 Å². The Morgan fingerprint density at radius 2 is 2.08 bits per heavy atom. The van der Waals surface area contributed by atoms with E-state index in [2.05, 4.69) is 0 Å². The number of aliphatic carboxylic acids is 1. The van der Waals surface area contributed by atoms with Crippen LogP contribution in [0.3, 0.4) is 0 Å². The molecule has 1 amide bonds. The summed E-state index contributed by atoms with van der Waals surface area (Å²) >= 11 is 0. The summed E-state index contributed by atoms with van der Waals surface area (Å²) in [6.45, 7) is 4.59. The third kappa shape index (κ3) is 4.73. The molecule has 0 spiro atoms. The van der Waals surface area contributed by atoms with Crippen molar-refractivity contribution < 1.29 is 19.4 Å². The molecule has 0 aliphatic carbocycles. The third-order valence-electron chi connectivity index (χ3n) is 4.61. The van der Waals surface area contributed by atoms with E-state index in [1.807, 2.05) is 43.0 Å². The van der Waals surface area contributed by atoms with Gasteiger partial charge in [-0.2, -0.15) is 0 Å². The Labute approximate surface area is 143 Å². The topological polar surface area (TPSA) is 66.8 Å². The highest BCUT2D eigenvalue weighted by Gasteiger charge is 2.32. The van der Waals surface area contributed by atoms with Crippen LogP contribution in [0.1, 0.15) is 51.0 Å². The van der Waals surface area contributed by atoms with E-state index in [9.17, 15) is 9.59 Å². The molecule has 24 heavy (non-hydrogen) atoms. The molecule has 0 bridgehead atoms. The molecular formula is C19H27NO4. The van der Waals surface area contributed by atoms with Gasteiger partial charge in [-0.3, -0.25) is 9.59 Å². The quantitative estimate of drug-likeness (QED) is 0.830. The number of aryl methyl sites for hydroxylation is 1. The Morgan fingerprint density at radius 3 is 2.75 bits per heavy atom. The second-order valence-electron chi connectivity index (χ2n) is 6.39. The molecule has 1 N–H and O–H groups in total. The number of rotatable bonds is 7. The van der Waals surface area contributed by atoms with Crippen molar-refractivity contribution in [3.8, 4) is 5.75 Å². The van der Waals surface area contributed by atoms with E-state index in [1.54, 1.807) is 0 Å². The summed E-state index contributed by atoms with van der Waals surface area (Å²) in [6, 6.07) is 7.69. The number of benzene rings is 1. The number of nitrogens with zero attached hydrogens (tertiary/aromatic N) is 1. The van der Waals surface area contributed by atoms with Gasteiger partial charge in [0.2, 0.25) is 0 Å². The maximum Gasteiger partial charge on any atom is 0.303 e. The lowest BCUT2D eigenvalue weighted by Gasteiger charge is -2.37. The van der Waals surface area contributed by atoms with Crippen molar-refractivity contribution >= 4 is 11.9 Å². The van der Waals surface area contributed by atoms with E-state index < -0.39 is 12.1 Å². The average Bonchev–Trinajstić information content (AvgIpc) is 2.59. The first-order chi connectivity index (χ1) is 11.5. The lowest BCUT2D eigenvalue weighted by Crippen LogP contribution is -2.49. The van der Waals surface area contributed by atoms with Crippen LogP contribution in [-0.4, -0.2) is 40.6 Å². The Morgan fingerprint density at radius 1 is 1.33 bits per heavy atom. The summed E-state index contributed by atoms with van der Waals surface area (Å²) in [7, 11) is 0. The molecule has 2 rings (SSSR count). The number of para-hydroxylation sites is 1. The molecule has 1 saturated heterocycles. The van der Waals surface area contributed by atoms with Gasteiger partial charge in [0.25, 0.3) is 5.91 Å². The van der Waals surface area contributed by atoms with Crippen molar-refractivity contribution in [2.45, 2.75) is 64.5 Å². The molecule has 1 fully saturated rings. The van der Waals surface area contributed by atoms with Crippen LogP contribution in [-0.2, 0) is 9.59 Å². The molecule has 0 aromatic heterocycles. The number of hydrogen-bond acceptors (Lipinski definition) is 3. The van der Waals surface area contributed by atoms with Crippen molar-refractivity contribution in [2.24, 2.45) is 0 Å². The number of carboxylic acids is 1. The molecule has 0 saturated carbocycles. The fourth-order valence-corrected chi connectivity index (χ4v) is 3.22. The van der Waals surface area contributed by atoms with Crippen LogP contribution in [0.2, 0.25) is 0 Å². The smallest absolute Gasteiger partial charge is 0.303 e. The molecule has 132 valence electrons. The average molecular weight is 333 g/mol. The van der Waals surface area contributed by atoms with Gasteiger partial charge in [0.05, 0.1) is 0 Å². The number of ether oxygens (including phenoxy) is 1. The largest absolute Gasteiger partial charge is 0.481 e. The molecule has 1 aliphatic heterocycles. The predicted molar refractivity (Wildman–Crippen MR) is 92.1 cm³/mol. The van der Waals surface area contributed by atoms with Crippen molar-refractivity contribution in [3.05, 3.63) is 29.8 Å². The summed E-state index contributed by atoms with van der Waals surface area (Å²) in [4.78, 5) is 25.7. The first kappa shape index (κ1) is 18.3. The number of amides is 1. The van der Waals surface area contributed by atoms with Gasteiger partial charge in [-0.05, 0) is 50.7 Å². The summed E-state index contributed by atoms with van der Waals surface area (Å²) in [6.07, 6.45) is 3.58. The van der Waals surface area contributed by atoms with Gasteiger partial charge in [-0.1, -0.05) is 25.1 Å². The van der Waals surface area contributed by atoms with Crippen LogP contribution in [0.5, 0.6) is 5.75 Å². The van der Waals surface area contributed by atoms with E-state index in [0.29, 0.717) is 19.4 Å². The minimum Gasteiger partial charge on any atom is -0.481 e. The fourth-order valence-electron chi connectivity index (χ4n) is 3.22. The monoisotopic (exact) mass is 333 g/mol. The number of carbonyl (C=O) groups is 2. The summed E-state index contributed by atoms with van der Waals surface area (Å²) in [5.41, 5.74) is 1.00. The second-order valence-corrected chi connectivity index (χ2v) is 6.39. The van der Waals surface area contributed by atoms with Crippen molar-refractivity contribution in [2.75, 3.05) is 6.54 Å². The summed E-state index contributed by atoms with van der Waals surface area (Å²) in [5.74, 6) is -0.0937. The predicted octanol–water partition coefficient (Wildman–Crippen LogP) is 3.40. The van der Waals surface area contributed by atoms with Crippen molar-refractivity contribution in [1.29, 1.82) is 0 Å². The zero-order chi connectivity index (χ0) is 17.5. The second kappa shape index (κ2) is 8.71. The highest BCUT2D eigenvalue weighted by Crippen LogP contribution is 2.25. The van der Waals surface area contributed by atoms with Gasteiger partial charge >= 0.3 is 5.97 Å². The van der Waals surface area contributed by atoms with Crippen LogP contribution in [0.4, 0.5) is 0 Å². The summed E-state index contributed by atoms with van der Waals surface area (Å²) in [5, 5.41) is 8.92.